The maximum Gasteiger partial charge on any atom is 0.271 e. The van der Waals surface area contributed by atoms with Crippen LogP contribution in [0.1, 0.15) is 44.1 Å². The Kier molecular flexibility index (Phi) is 11.7. The molecule has 2 N–H and O–H groups in total. The average Bonchev–Trinajstić information content (AvgIpc) is 2.94. The SMILES string of the molecule is COCCN(C)CC[C@H](CSc1ccc(F)cc1)Nc1ccc(S(=O)(=O)NC(=O)C2(F)CCCCC2)cc1C#N. The number of carbonyl (C=O) groups excluding carboxylic acids is 1. The molecule has 1 saturated carbocycles. The third-order valence-electron chi connectivity index (χ3n) is 6.86. The van der Waals surface area contributed by atoms with E-state index in [4.69, 9.17) is 4.74 Å². The molecule has 1 aliphatic rings. The van der Waals surface area contributed by atoms with E-state index >= 15 is 4.39 Å². The Labute approximate surface area is 239 Å². The number of anilines is 1. The van der Waals surface area contributed by atoms with Crippen LogP contribution in [0.25, 0.3) is 0 Å². The van der Waals surface area contributed by atoms with Gasteiger partial charge in [-0.3, -0.25) is 4.79 Å². The summed E-state index contributed by atoms with van der Waals surface area (Å²) < 4.78 is 61.1. The average molecular weight is 595 g/mol. The molecule has 0 unspecified atom stereocenters. The minimum absolute atomic E-state index is 0.0152. The number of amides is 1. The molecule has 3 rings (SSSR count). The molecule has 40 heavy (non-hydrogen) atoms. The van der Waals surface area contributed by atoms with Gasteiger partial charge in [-0.15, -0.1) is 11.8 Å². The molecule has 0 aromatic heterocycles. The van der Waals surface area contributed by atoms with Crippen LogP contribution in [0.5, 0.6) is 0 Å². The molecule has 8 nitrogen and oxygen atoms in total. The van der Waals surface area contributed by atoms with Gasteiger partial charge < -0.3 is 15.0 Å². The monoisotopic (exact) mass is 594 g/mol. The molecule has 2 aromatic rings. The summed E-state index contributed by atoms with van der Waals surface area (Å²) in [5.74, 6) is -0.879. The van der Waals surface area contributed by atoms with Crippen molar-refractivity contribution in [2.24, 2.45) is 0 Å². The van der Waals surface area contributed by atoms with E-state index in [0.717, 1.165) is 24.4 Å². The van der Waals surface area contributed by atoms with Crippen LogP contribution in [-0.2, 0) is 19.6 Å². The van der Waals surface area contributed by atoms with E-state index in [1.54, 1.807) is 19.2 Å². The number of methoxy groups -OCH3 is 1. The molecule has 218 valence electrons. The molecule has 1 fully saturated rings. The smallest absolute Gasteiger partial charge is 0.271 e. The number of halogens is 2. The Morgan fingerprint density at radius 2 is 1.88 bits per heavy atom. The first-order valence-electron chi connectivity index (χ1n) is 13.2. The number of ether oxygens (including phenoxy) is 1. The first-order chi connectivity index (χ1) is 19.1. The summed E-state index contributed by atoms with van der Waals surface area (Å²) in [6.45, 7) is 2.07. The van der Waals surface area contributed by atoms with Gasteiger partial charge in [-0.25, -0.2) is 21.9 Å². The van der Waals surface area contributed by atoms with E-state index in [2.05, 4.69) is 10.2 Å². The van der Waals surface area contributed by atoms with Crippen LogP contribution in [-0.4, -0.2) is 70.5 Å². The van der Waals surface area contributed by atoms with E-state index in [0.29, 0.717) is 37.3 Å². The lowest BCUT2D eigenvalue weighted by Crippen LogP contribution is -2.46. The largest absolute Gasteiger partial charge is 0.383 e. The minimum atomic E-state index is -4.38. The lowest BCUT2D eigenvalue weighted by atomic mass is 9.86. The Balaban J connectivity index is 1.75. The van der Waals surface area contributed by atoms with Crippen LogP contribution in [0.15, 0.2) is 52.3 Å². The second-order valence-electron chi connectivity index (χ2n) is 9.97. The van der Waals surface area contributed by atoms with Crippen molar-refractivity contribution in [3.05, 3.63) is 53.8 Å². The Morgan fingerprint density at radius 1 is 1.18 bits per heavy atom. The summed E-state index contributed by atoms with van der Waals surface area (Å²) in [6, 6.07) is 12.0. The summed E-state index contributed by atoms with van der Waals surface area (Å²) in [5.41, 5.74) is -1.70. The molecule has 0 radical (unpaired) electrons. The molecular formula is C28H36F2N4O4S2. The van der Waals surface area contributed by atoms with Gasteiger partial charge in [-0.2, -0.15) is 5.26 Å². The van der Waals surface area contributed by atoms with Gasteiger partial charge >= 0.3 is 0 Å². The van der Waals surface area contributed by atoms with Crippen LogP contribution in [0.4, 0.5) is 14.5 Å². The number of nitriles is 1. The number of likely N-dealkylation sites (N-methyl/N-ethyl adjacent to an activating group) is 1. The highest BCUT2D eigenvalue weighted by molar-refractivity contribution is 7.99. The predicted octanol–water partition coefficient (Wildman–Crippen LogP) is 4.72. The van der Waals surface area contributed by atoms with E-state index in [1.807, 2.05) is 17.8 Å². The zero-order chi connectivity index (χ0) is 29.2. The summed E-state index contributed by atoms with van der Waals surface area (Å²) >= 11 is 1.53. The van der Waals surface area contributed by atoms with Gasteiger partial charge in [0.2, 0.25) is 0 Å². The second-order valence-corrected chi connectivity index (χ2v) is 12.7. The zero-order valence-corrected chi connectivity index (χ0v) is 24.4. The second kappa shape index (κ2) is 14.8. The maximum atomic E-state index is 15.0. The van der Waals surface area contributed by atoms with Crippen molar-refractivity contribution in [1.29, 1.82) is 5.26 Å². The molecule has 0 aliphatic heterocycles. The number of alkyl halides is 1. The van der Waals surface area contributed by atoms with Crippen molar-refractivity contribution in [2.45, 2.75) is 60.0 Å². The highest BCUT2D eigenvalue weighted by Gasteiger charge is 2.41. The molecule has 1 aliphatic carbocycles. The standard InChI is InChI=1S/C28H36F2N4O4S2/c1-34(16-17-38-2)15-12-23(20-39-24-8-6-22(29)7-9-24)32-26-11-10-25(18-21(26)19-31)40(36,37)33-27(35)28(30)13-4-3-5-14-28/h6-11,18,23,32H,3-5,12-17,20H2,1-2H3,(H,33,35)/t23-/m1/s1. The molecule has 2 aromatic carbocycles. The molecule has 1 amide bonds. The number of sulfonamides is 1. The number of thioether (sulfide) groups is 1. The normalized spacial score (nSPS) is 15.8. The fraction of sp³-hybridized carbons (Fsp3) is 0.500. The molecule has 0 spiro atoms. The Bertz CT molecular complexity index is 1280. The first kappa shape index (κ1) is 31.8. The van der Waals surface area contributed by atoms with Gasteiger partial charge in [-0.05, 0) is 88.2 Å². The van der Waals surface area contributed by atoms with Gasteiger partial charge in [0.25, 0.3) is 15.9 Å². The van der Waals surface area contributed by atoms with E-state index in [9.17, 15) is 22.9 Å². The summed E-state index contributed by atoms with van der Waals surface area (Å²) in [5, 5.41) is 13.2. The van der Waals surface area contributed by atoms with E-state index < -0.39 is 21.6 Å². The number of hydrogen-bond donors (Lipinski definition) is 2. The van der Waals surface area contributed by atoms with Crippen molar-refractivity contribution in [1.82, 2.24) is 9.62 Å². The molecule has 1 atom stereocenters. The lowest BCUT2D eigenvalue weighted by molar-refractivity contribution is -0.133. The quantitative estimate of drug-likeness (QED) is 0.303. The van der Waals surface area contributed by atoms with E-state index in [1.165, 1.54) is 42.1 Å². The predicted molar refractivity (Wildman–Crippen MR) is 152 cm³/mol. The topological polar surface area (TPSA) is 112 Å². The molecule has 0 saturated heterocycles. The highest BCUT2D eigenvalue weighted by atomic mass is 32.2. The van der Waals surface area contributed by atoms with Gasteiger partial charge in [0, 0.05) is 30.3 Å². The number of nitrogens with one attached hydrogen (secondary N) is 2. The van der Waals surface area contributed by atoms with Crippen LogP contribution in [0, 0.1) is 17.1 Å². The van der Waals surface area contributed by atoms with Crippen molar-refractivity contribution in [3.63, 3.8) is 0 Å². The third-order valence-corrected chi connectivity index (χ3v) is 9.37. The highest BCUT2D eigenvalue weighted by Crippen LogP contribution is 2.32. The van der Waals surface area contributed by atoms with E-state index in [-0.39, 0.29) is 35.2 Å². The number of nitrogens with zero attached hydrogens (tertiary/aromatic N) is 2. The van der Waals surface area contributed by atoms with Crippen molar-refractivity contribution in [3.8, 4) is 6.07 Å². The van der Waals surface area contributed by atoms with Crippen LogP contribution in [0.3, 0.4) is 0 Å². The first-order valence-corrected chi connectivity index (χ1v) is 15.7. The molecule has 12 heteroatoms. The Hall–Kier alpha value is -2.72. The summed E-state index contributed by atoms with van der Waals surface area (Å²) in [7, 11) is -0.757. The lowest BCUT2D eigenvalue weighted by Gasteiger charge is -2.27. The minimum Gasteiger partial charge on any atom is -0.383 e. The maximum absolute atomic E-state index is 15.0. The molecule has 0 bridgehead atoms. The number of carbonyl (C=O) groups is 1. The zero-order valence-electron chi connectivity index (χ0n) is 22.8. The van der Waals surface area contributed by atoms with Crippen molar-refractivity contribution >= 4 is 33.4 Å². The molecular weight excluding hydrogens is 558 g/mol. The fourth-order valence-electron chi connectivity index (χ4n) is 4.40. The van der Waals surface area contributed by atoms with Gasteiger partial charge in [0.05, 0.1) is 22.8 Å². The van der Waals surface area contributed by atoms with Gasteiger partial charge in [0.1, 0.15) is 11.9 Å². The van der Waals surface area contributed by atoms with Gasteiger partial charge in [-0.1, -0.05) is 6.42 Å². The van der Waals surface area contributed by atoms with Gasteiger partial charge in [0.15, 0.2) is 5.67 Å². The summed E-state index contributed by atoms with van der Waals surface area (Å²) in [4.78, 5) is 15.2. The number of benzene rings is 2. The summed E-state index contributed by atoms with van der Waals surface area (Å²) in [6.07, 6.45) is 2.52. The van der Waals surface area contributed by atoms with Crippen LogP contribution >= 0.6 is 11.8 Å². The van der Waals surface area contributed by atoms with Crippen molar-refractivity contribution in [2.75, 3.05) is 44.9 Å². The fourth-order valence-corrected chi connectivity index (χ4v) is 6.44. The van der Waals surface area contributed by atoms with Crippen LogP contribution < -0.4 is 10.0 Å². The number of hydrogen-bond acceptors (Lipinski definition) is 8. The molecule has 0 heterocycles. The van der Waals surface area contributed by atoms with Crippen molar-refractivity contribution < 1.29 is 26.7 Å². The third kappa shape index (κ3) is 9.16. The Morgan fingerprint density at radius 3 is 2.52 bits per heavy atom. The number of rotatable bonds is 14. The van der Waals surface area contributed by atoms with Crippen LogP contribution in [0.2, 0.25) is 0 Å².